The van der Waals surface area contributed by atoms with Crippen LogP contribution in [0, 0.1) is 11.8 Å². The number of guanidine groups is 1. The fourth-order valence-electron chi connectivity index (χ4n) is 3.34. The first-order chi connectivity index (χ1) is 12.1. The van der Waals surface area contributed by atoms with Crippen LogP contribution < -0.4 is 10.6 Å². The third-order valence-corrected chi connectivity index (χ3v) is 5.90. The molecule has 144 valence electrons. The van der Waals surface area contributed by atoms with Gasteiger partial charge in [-0.05, 0) is 38.5 Å². The van der Waals surface area contributed by atoms with Crippen molar-refractivity contribution in [3.8, 4) is 0 Å². The summed E-state index contributed by atoms with van der Waals surface area (Å²) in [6, 6.07) is 0.378. The van der Waals surface area contributed by atoms with E-state index in [1.165, 1.54) is 0 Å². The van der Waals surface area contributed by atoms with Crippen molar-refractivity contribution in [3.63, 3.8) is 0 Å². The smallest absolute Gasteiger partial charge is 0.225 e. The molecule has 6 nitrogen and oxygen atoms in total. The Kier molecular flexibility index (Phi) is 8.89. The quantitative estimate of drug-likeness (QED) is 0.485. The van der Waals surface area contributed by atoms with Gasteiger partial charge in [0, 0.05) is 56.3 Å². The predicted octanol–water partition coefficient (Wildman–Crippen LogP) is 1.30. The van der Waals surface area contributed by atoms with Crippen LogP contribution in [0.2, 0.25) is 0 Å². The average Bonchev–Trinajstić information content (AvgIpc) is 2.66. The van der Waals surface area contributed by atoms with Crippen molar-refractivity contribution in [1.82, 2.24) is 15.5 Å². The molecule has 1 heterocycles. The Morgan fingerprint density at radius 2 is 1.96 bits per heavy atom. The van der Waals surface area contributed by atoms with E-state index < -0.39 is 0 Å². The van der Waals surface area contributed by atoms with Gasteiger partial charge in [-0.3, -0.25) is 9.79 Å². The van der Waals surface area contributed by atoms with Gasteiger partial charge in [0.15, 0.2) is 5.96 Å². The van der Waals surface area contributed by atoms with Crippen LogP contribution in [0.25, 0.3) is 0 Å². The molecule has 0 spiro atoms. The molecule has 0 aromatic rings. The number of carbonyl (C=O) groups excluding carboxylic acids is 1. The maximum Gasteiger partial charge on any atom is 0.225 e. The van der Waals surface area contributed by atoms with E-state index in [0.717, 1.165) is 62.8 Å². The van der Waals surface area contributed by atoms with Crippen LogP contribution in [0.5, 0.6) is 0 Å². The van der Waals surface area contributed by atoms with Gasteiger partial charge < -0.3 is 20.6 Å². The highest BCUT2D eigenvalue weighted by molar-refractivity contribution is 7.99. The van der Waals surface area contributed by atoms with Gasteiger partial charge in [0.25, 0.3) is 0 Å². The summed E-state index contributed by atoms with van der Waals surface area (Å²) in [4.78, 5) is 19.3. The zero-order valence-corrected chi connectivity index (χ0v) is 16.5. The summed E-state index contributed by atoms with van der Waals surface area (Å²) in [5.74, 6) is 3.73. The third-order valence-electron chi connectivity index (χ3n) is 4.96. The number of nitrogens with zero attached hydrogens (tertiary/aromatic N) is 2. The Hall–Kier alpha value is -0.950. The molecule has 2 rings (SSSR count). The summed E-state index contributed by atoms with van der Waals surface area (Å²) in [5.41, 5.74) is 0. The molecule has 2 fully saturated rings. The van der Waals surface area contributed by atoms with E-state index in [0.29, 0.717) is 18.5 Å². The highest BCUT2D eigenvalue weighted by atomic mass is 32.2. The Morgan fingerprint density at radius 1 is 1.28 bits per heavy atom. The monoisotopic (exact) mass is 370 g/mol. The van der Waals surface area contributed by atoms with Crippen molar-refractivity contribution in [2.75, 3.05) is 44.3 Å². The van der Waals surface area contributed by atoms with Crippen LogP contribution in [0.3, 0.4) is 0 Å². The average molecular weight is 371 g/mol. The van der Waals surface area contributed by atoms with Crippen LogP contribution in [0.15, 0.2) is 4.99 Å². The van der Waals surface area contributed by atoms with E-state index in [4.69, 9.17) is 5.11 Å². The minimum Gasteiger partial charge on any atom is -0.396 e. The fraction of sp³-hybridized carbons (Fsp3) is 0.889. The molecule has 25 heavy (non-hydrogen) atoms. The van der Waals surface area contributed by atoms with E-state index in [1.54, 1.807) is 0 Å². The number of aliphatic imine (C=N–C) groups is 1. The van der Waals surface area contributed by atoms with Gasteiger partial charge >= 0.3 is 0 Å². The highest BCUT2D eigenvalue weighted by Gasteiger charge is 2.30. The standard InChI is InChI=1S/C18H34N4O2S/c1-3-19-18(20-12-14(2)13-23)21-16-6-4-15(5-7-16)17(24)22-8-10-25-11-9-22/h14-16,23H,3-13H2,1-2H3,(H2,19,20,21). The van der Waals surface area contributed by atoms with Crippen molar-refractivity contribution >= 4 is 23.6 Å². The third kappa shape index (κ3) is 6.70. The number of aliphatic hydroxyl groups is 1. The molecule has 1 atom stereocenters. The van der Waals surface area contributed by atoms with Gasteiger partial charge in [0.1, 0.15) is 0 Å². The fourth-order valence-corrected chi connectivity index (χ4v) is 4.25. The van der Waals surface area contributed by atoms with Crippen LogP contribution in [0.1, 0.15) is 39.5 Å². The van der Waals surface area contributed by atoms with E-state index >= 15 is 0 Å². The Balaban J connectivity index is 1.78. The Labute approximate surface area is 156 Å². The number of aliphatic hydroxyl groups excluding tert-OH is 1. The molecule has 1 saturated heterocycles. The number of carbonyl (C=O) groups is 1. The summed E-state index contributed by atoms with van der Waals surface area (Å²) in [7, 11) is 0. The van der Waals surface area contributed by atoms with Gasteiger partial charge in [0.05, 0.1) is 0 Å². The molecule has 1 aliphatic heterocycles. The second-order valence-corrected chi connectivity index (χ2v) is 8.36. The molecule has 7 heteroatoms. The predicted molar refractivity (Wildman–Crippen MR) is 105 cm³/mol. The van der Waals surface area contributed by atoms with Gasteiger partial charge in [-0.25, -0.2) is 0 Å². The van der Waals surface area contributed by atoms with Crippen molar-refractivity contribution in [2.24, 2.45) is 16.8 Å². The number of nitrogens with one attached hydrogen (secondary N) is 2. The normalized spacial score (nSPS) is 26.2. The van der Waals surface area contributed by atoms with Crippen LogP contribution in [0.4, 0.5) is 0 Å². The minimum atomic E-state index is 0.158. The summed E-state index contributed by atoms with van der Waals surface area (Å²) in [6.07, 6.45) is 3.96. The van der Waals surface area contributed by atoms with Crippen molar-refractivity contribution in [3.05, 3.63) is 0 Å². The van der Waals surface area contributed by atoms with Gasteiger partial charge in [0.2, 0.25) is 5.91 Å². The first-order valence-electron chi connectivity index (χ1n) is 9.66. The number of amides is 1. The Bertz CT molecular complexity index is 433. The number of hydrogen-bond acceptors (Lipinski definition) is 4. The molecule has 0 aromatic heterocycles. The van der Waals surface area contributed by atoms with Crippen LogP contribution >= 0.6 is 11.8 Å². The van der Waals surface area contributed by atoms with E-state index in [2.05, 4.69) is 27.4 Å². The molecule has 2 aliphatic rings. The molecule has 0 bridgehead atoms. The molecule has 0 aromatic carbocycles. The summed E-state index contributed by atoms with van der Waals surface area (Å²) < 4.78 is 0. The largest absolute Gasteiger partial charge is 0.396 e. The lowest BCUT2D eigenvalue weighted by atomic mass is 9.85. The van der Waals surface area contributed by atoms with Crippen LogP contribution in [-0.2, 0) is 4.79 Å². The number of thioether (sulfide) groups is 1. The molecule has 0 radical (unpaired) electrons. The van der Waals surface area contributed by atoms with E-state index in [1.807, 2.05) is 18.7 Å². The molecule has 3 N–H and O–H groups in total. The molecular formula is C18H34N4O2S. The number of rotatable bonds is 6. The van der Waals surface area contributed by atoms with Crippen LogP contribution in [-0.4, -0.2) is 72.2 Å². The van der Waals surface area contributed by atoms with E-state index in [9.17, 15) is 4.79 Å². The topological polar surface area (TPSA) is 77.0 Å². The molecule has 1 saturated carbocycles. The van der Waals surface area contributed by atoms with Crippen molar-refractivity contribution in [2.45, 2.75) is 45.6 Å². The summed E-state index contributed by atoms with van der Waals surface area (Å²) in [5, 5.41) is 15.9. The Morgan fingerprint density at radius 3 is 2.56 bits per heavy atom. The number of hydrogen-bond donors (Lipinski definition) is 3. The maximum absolute atomic E-state index is 12.6. The summed E-state index contributed by atoms with van der Waals surface area (Å²) in [6.45, 7) is 7.48. The zero-order valence-electron chi connectivity index (χ0n) is 15.7. The first-order valence-corrected chi connectivity index (χ1v) is 10.8. The second-order valence-electron chi connectivity index (χ2n) is 7.14. The maximum atomic E-state index is 12.6. The molecule has 1 unspecified atom stereocenters. The van der Waals surface area contributed by atoms with E-state index in [-0.39, 0.29) is 18.4 Å². The molecule has 1 aliphatic carbocycles. The van der Waals surface area contributed by atoms with Gasteiger partial charge in [-0.15, -0.1) is 0 Å². The minimum absolute atomic E-state index is 0.158. The lowest BCUT2D eigenvalue weighted by Gasteiger charge is -2.34. The molecular weight excluding hydrogens is 336 g/mol. The van der Waals surface area contributed by atoms with Gasteiger partial charge in [-0.2, -0.15) is 11.8 Å². The van der Waals surface area contributed by atoms with Crippen molar-refractivity contribution < 1.29 is 9.90 Å². The van der Waals surface area contributed by atoms with Gasteiger partial charge in [-0.1, -0.05) is 6.92 Å². The lowest BCUT2D eigenvalue weighted by molar-refractivity contribution is -0.136. The second kappa shape index (κ2) is 10.9. The van der Waals surface area contributed by atoms with Crippen molar-refractivity contribution in [1.29, 1.82) is 0 Å². The first kappa shape index (κ1) is 20.4. The lowest BCUT2D eigenvalue weighted by Crippen LogP contribution is -2.47. The highest BCUT2D eigenvalue weighted by Crippen LogP contribution is 2.27. The molecule has 1 amide bonds. The summed E-state index contributed by atoms with van der Waals surface area (Å²) >= 11 is 1.94. The SMILES string of the molecule is CCNC(=NCC(C)CO)NC1CCC(C(=O)N2CCSCC2)CC1. The zero-order chi connectivity index (χ0) is 18.1.